The van der Waals surface area contributed by atoms with Crippen LogP contribution in [-0.4, -0.2) is 22.8 Å². The van der Waals surface area contributed by atoms with Crippen LogP contribution in [0.5, 0.6) is 0 Å². The van der Waals surface area contributed by atoms with E-state index in [0.717, 1.165) is 17.1 Å². The van der Waals surface area contributed by atoms with E-state index < -0.39 is 0 Å². The second-order valence-electron chi connectivity index (χ2n) is 3.40. The third-order valence-electron chi connectivity index (χ3n) is 2.49. The molecule has 0 atom stereocenters. The quantitative estimate of drug-likeness (QED) is 0.692. The van der Waals surface area contributed by atoms with Crippen molar-refractivity contribution in [2.75, 3.05) is 11.4 Å². The summed E-state index contributed by atoms with van der Waals surface area (Å²) in [4.78, 5) is 10.3. The van der Waals surface area contributed by atoms with E-state index in [4.69, 9.17) is 0 Å². The van der Waals surface area contributed by atoms with Gasteiger partial charge in [-0.3, -0.25) is 4.99 Å². The molecule has 2 aliphatic rings. The van der Waals surface area contributed by atoms with Gasteiger partial charge in [0.05, 0.1) is 24.0 Å². The summed E-state index contributed by atoms with van der Waals surface area (Å²) in [6.45, 7) is 0.694. The first-order valence-electron chi connectivity index (χ1n) is 4.71. The lowest BCUT2D eigenvalue weighted by Crippen LogP contribution is -2.29. The number of hydrogen-bond donors (Lipinski definition) is 1. The highest BCUT2D eigenvalue weighted by Gasteiger charge is 2.23. The largest absolute Gasteiger partial charge is 0.507 e. The SMILES string of the molecule is OC1=CC2=CN=CCN2c2ncccc21. The molecule has 15 heavy (non-hydrogen) atoms. The van der Waals surface area contributed by atoms with Crippen molar-refractivity contribution in [2.24, 2.45) is 4.99 Å². The van der Waals surface area contributed by atoms with Crippen LogP contribution in [0.15, 0.2) is 41.3 Å². The minimum atomic E-state index is 0.248. The Morgan fingerprint density at radius 2 is 2.33 bits per heavy atom. The maximum absolute atomic E-state index is 9.80. The molecule has 0 saturated heterocycles. The molecular formula is C11H9N3O. The van der Waals surface area contributed by atoms with E-state index in [0.29, 0.717) is 6.54 Å². The molecule has 1 aromatic rings. The number of aliphatic hydroxyl groups is 1. The van der Waals surface area contributed by atoms with Gasteiger partial charge in [0.15, 0.2) is 0 Å². The maximum atomic E-state index is 9.80. The molecule has 4 nitrogen and oxygen atoms in total. The molecule has 0 spiro atoms. The summed E-state index contributed by atoms with van der Waals surface area (Å²) in [5.41, 5.74) is 1.64. The molecule has 1 aromatic heterocycles. The minimum absolute atomic E-state index is 0.248. The number of aliphatic imine (C=N–C) groups is 1. The topological polar surface area (TPSA) is 48.7 Å². The fourth-order valence-electron chi connectivity index (χ4n) is 1.79. The molecule has 74 valence electrons. The van der Waals surface area contributed by atoms with Gasteiger partial charge in [0.25, 0.3) is 0 Å². The molecular weight excluding hydrogens is 190 g/mol. The van der Waals surface area contributed by atoms with Gasteiger partial charge in [-0.1, -0.05) is 0 Å². The second-order valence-corrected chi connectivity index (χ2v) is 3.40. The predicted octanol–water partition coefficient (Wildman–Crippen LogP) is 1.73. The Bertz CT molecular complexity index is 502. The van der Waals surface area contributed by atoms with Gasteiger partial charge < -0.3 is 10.0 Å². The Hall–Kier alpha value is -2.10. The number of pyridine rings is 1. The van der Waals surface area contributed by atoms with Crippen LogP contribution in [0.25, 0.3) is 5.76 Å². The summed E-state index contributed by atoms with van der Waals surface area (Å²) in [6, 6.07) is 3.67. The average molecular weight is 199 g/mol. The van der Waals surface area contributed by atoms with E-state index in [2.05, 4.69) is 9.98 Å². The number of anilines is 1. The van der Waals surface area contributed by atoms with E-state index in [9.17, 15) is 5.11 Å². The molecule has 1 N–H and O–H groups in total. The number of hydrogen-bond acceptors (Lipinski definition) is 4. The Balaban J connectivity index is 2.23. The zero-order valence-electron chi connectivity index (χ0n) is 7.96. The Morgan fingerprint density at radius 1 is 1.40 bits per heavy atom. The number of nitrogens with zero attached hydrogens (tertiary/aromatic N) is 3. The molecule has 0 amide bonds. The molecule has 0 fully saturated rings. The highest BCUT2D eigenvalue weighted by Crippen LogP contribution is 2.32. The van der Waals surface area contributed by atoms with Gasteiger partial charge in [0.1, 0.15) is 11.6 Å². The summed E-state index contributed by atoms with van der Waals surface area (Å²) in [5.74, 6) is 1.03. The van der Waals surface area contributed by atoms with Crippen LogP contribution in [0, 0.1) is 0 Å². The van der Waals surface area contributed by atoms with Gasteiger partial charge in [-0.25, -0.2) is 4.98 Å². The summed E-state index contributed by atoms with van der Waals surface area (Å²) in [7, 11) is 0. The highest BCUT2D eigenvalue weighted by atomic mass is 16.3. The third kappa shape index (κ3) is 1.15. The number of aliphatic hydroxyl groups excluding tert-OH is 1. The van der Waals surface area contributed by atoms with Crippen molar-refractivity contribution in [1.82, 2.24) is 4.98 Å². The van der Waals surface area contributed by atoms with Crippen LogP contribution in [0.3, 0.4) is 0 Å². The van der Waals surface area contributed by atoms with Crippen LogP contribution in [-0.2, 0) is 0 Å². The Kier molecular flexibility index (Phi) is 1.62. The minimum Gasteiger partial charge on any atom is -0.507 e. The van der Waals surface area contributed by atoms with Crippen molar-refractivity contribution in [3.63, 3.8) is 0 Å². The van der Waals surface area contributed by atoms with E-state index >= 15 is 0 Å². The third-order valence-corrected chi connectivity index (χ3v) is 2.49. The lowest BCUT2D eigenvalue weighted by molar-refractivity contribution is 0.509. The fourth-order valence-corrected chi connectivity index (χ4v) is 1.79. The first-order chi connectivity index (χ1) is 7.36. The van der Waals surface area contributed by atoms with Crippen LogP contribution in [0.2, 0.25) is 0 Å². The summed E-state index contributed by atoms with van der Waals surface area (Å²) in [5, 5.41) is 9.80. The molecule has 0 unspecified atom stereocenters. The zero-order chi connectivity index (χ0) is 10.3. The maximum Gasteiger partial charge on any atom is 0.144 e. The van der Waals surface area contributed by atoms with E-state index in [1.807, 2.05) is 23.2 Å². The second kappa shape index (κ2) is 2.95. The number of allylic oxidation sites excluding steroid dienone is 1. The normalized spacial score (nSPS) is 17.7. The zero-order valence-corrected chi connectivity index (χ0v) is 7.96. The smallest absolute Gasteiger partial charge is 0.144 e. The van der Waals surface area contributed by atoms with Gasteiger partial charge in [-0.05, 0) is 12.1 Å². The molecule has 2 aliphatic heterocycles. The monoisotopic (exact) mass is 199 g/mol. The highest BCUT2D eigenvalue weighted by molar-refractivity contribution is 5.82. The summed E-state index contributed by atoms with van der Waals surface area (Å²) in [6.07, 6.45) is 6.97. The van der Waals surface area contributed by atoms with Crippen LogP contribution < -0.4 is 4.90 Å². The van der Waals surface area contributed by atoms with Gasteiger partial charge in [0, 0.05) is 18.5 Å². The fraction of sp³-hybridized carbons (Fsp3) is 0.0909. The number of rotatable bonds is 0. The molecule has 0 aliphatic carbocycles. The van der Waals surface area contributed by atoms with E-state index in [-0.39, 0.29) is 5.76 Å². The predicted molar refractivity (Wildman–Crippen MR) is 58.8 cm³/mol. The molecule has 4 heteroatoms. The molecule has 0 bridgehead atoms. The van der Waals surface area contributed by atoms with Crippen LogP contribution in [0.4, 0.5) is 5.82 Å². The van der Waals surface area contributed by atoms with Gasteiger partial charge in [0.2, 0.25) is 0 Å². The summed E-state index contributed by atoms with van der Waals surface area (Å²) < 4.78 is 0. The van der Waals surface area contributed by atoms with Crippen LogP contribution >= 0.6 is 0 Å². The Morgan fingerprint density at radius 3 is 3.27 bits per heavy atom. The van der Waals surface area contributed by atoms with E-state index in [1.165, 1.54) is 0 Å². The first kappa shape index (κ1) is 8.23. The number of aromatic nitrogens is 1. The van der Waals surface area contributed by atoms with Crippen molar-refractivity contribution < 1.29 is 5.11 Å². The summed E-state index contributed by atoms with van der Waals surface area (Å²) >= 11 is 0. The van der Waals surface area contributed by atoms with Crippen molar-refractivity contribution in [2.45, 2.75) is 0 Å². The standard InChI is InChI=1S/C11H9N3O/c15-10-6-8-7-12-4-5-14(8)11-9(10)2-1-3-13-11/h1-4,6-7,15H,5H2. The molecule has 3 rings (SSSR count). The number of fused-ring (bicyclic) bond motifs is 3. The van der Waals surface area contributed by atoms with Crippen molar-refractivity contribution in [3.05, 3.63) is 41.9 Å². The molecule has 0 saturated carbocycles. The molecule has 3 heterocycles. The molecule has 0 aromatic carbocycles. The van der Waals surface area contributed by atoms with Gasteiger partial charge in [-0.2, -0.15) is 0 Å². The Labute approximate surface area is 86.9 Å². The first-order valence-corrected chi connectivity index (χ1v) is 4.71. The molecule has 0 radical (unpaired) electrons. The lowest BCUT2D eigenvalue weighted by atomic mass is 10.1. The lowest BCUT2D eigenvalue weighted by Gasteiger charge is -2.29. The van der Waals surface area contributed by atoms with E-state index in [1.54, 1.807) is 18.5 Å². The van der Waals surface area contributed by atoms with Gasteiger partial charge >= 0.3 is 0 Å². The van der Waals surface area contributed by atoms with Gasteiger partial charge in [-0.15, -0.1) is 0 Å². The average Bonchev–Trinajstić information content (AvgIpc) is 2.30. The van der Waals surface area contributed by atoms with Crippen molar-refractivity contribution in [3.8, 4) is 0 Å². The van der Waals surface area contributed by atoms with Crippen molar-refractivity contribution >= 4 is 17.8 Å². The van der Waals surface area contributed by atoms with Crippen molar-refractivity contribution in [1.29, 1.82) is 0 Å². The van der Waals surface area contributed by atoms with Crippen LogP contribution in [0.1, 0.15) is 5.56 Å².